The van der Waals surface area contributed by atoms with E-state index in [2.05, 4.69) is 15.3 Å². The Balaban J connectivity index is 2.00. The van der Waals surface area contributed by atoms with Crippen LogP contribution in [0, 0.1) is 6.92 Å². The van der Waals surface area contributed by atoms with Gasteiger partial charge in [-0.25, -0.2) is 4.98 Å². The Morgan fingerprint density at radius 1 is 1.13 bits per heavy atom. The van der Waals surface area contributed by atoms with E-state index in [0.29, 0.717) is 31.2 Å². The first-order valence-corrected chi connectivity index (χ1v) is 7.64. The highest BCUT2D eigenvalue weighted by Crippen LogP contribution is 2.23. The van der Waals surface area contributed by atoms with Crippen LogP contribution >= 0.6 is 0 Å². The summed E-state index contributed by atoms with van der Waals surface area (Å²) in [4.78, 5) is 9.02. The lowest BCUT2D eigenvalue weighted by molar-refractivity contribution is 0.292. The summed E-state index contributed by atoms with van der Waals surface area (Å²) in [5.74, 6) is 0.886. The molecule has 0 aliphatic heterocycles. The molecule has 0 saturated heterocycles. The zero-order valence-electron chi connectivity index (χ0n) is 13.0. The van der Waals surface area contributed by atoms with E-state index < -0.39 is 0 Å². The SMILES string of the molecule is Cc1ccc(O)c(Cn2c(NCCCO)nc3ccccc32)n1. The van der Waals surface area contributed by atoms with Crippen LogP contribution in [0.3, 0.4) is 0 Å². The fourth-order valence-electron chi connectivity index (χ4n) is 2.52. The van der Waals surface area contributed by atoms with Gasteiger partial charge < -0.3 is 20.1 Å². The molecule has 3 aromatic rings. The zero-order chi connectivity index (χ0) is 16.2. The van der Waals surface area contributed by atoms with Crippen LogP contribution in [-0.2, 0) is 6.54 Å². The van der Waals surface area contributed by atoms with Gasteiger partial charge in [-0.3, -0.25) is 4.98 Å². The van der Waals surface area contributed by atoms with Crippen LogP contribution in [0.5, 0.6) is 5.75 Å². The molecule has 0 amide bonds. The number of aromatic hydroxyl groups is 1. The third kappa shape index (κ3) is 3.27. The van der Waals surface area contributed by atoms with Crippen LogP contribution < -0.4 is 5.32 Å². The number of aryl methyl sites for hydroxylation is 1. The van der Waals surface area contributed by atoms with Crippen molar-refractivity contribution >= 4 is 17.0 Å². The molecule has 3 N–H and O–H groups in total. The highest BCUT2D eigenvalue weighted by atomic mass is 16.3. The van der Waals surface area contributed by atoms with Gasteiger partial charge in [-0.15, -0.1) is 0 Å². The first-order valence-electron chi connectivity index (χ1n) is 7.64. The van der Waals surface area contributed by atoms with Crippen molar-refractivity contribution in [1.29, 1.82) is 0 Å². The van der Waals surface area contributed by atoms with Crippen molar-refractivity contribution in [3.05, 3.63) is 47.8 Å². The first-order chi connectivity index (χ1) is 11.2. The van der Waals surface area contributed by atoms with E-state index in [9.17, 15) is 5.11 Å². The number of para-hydroxylation sites is 2. The molecule has 0 unspecified atom stereocenters. The Labute approximate surface area is 134 Å². The number of aliphatic hydroxyl groups excluding tert-OH is 1. The number of aromatic nitrogens is 3. The highest BCUT2D eigenvalue weighted by molar-refractivity contribution is 5.78. The van der Waals surface area contributed by atoms with E-state index in [1.165, 1.54) is 0 Å². The maximum Gasteiger partial charge on any atom is 0.204 e. The Morgan fingerprint density at radius 3 is 2.78 bits per heavy atom. The zero-order valence-corrected chi connectivity index (χ0v) is 13.0. The molecule has 0 fully saturated rings. The molecule has 120 valence electrons. The molecule has 0 saturated carbocycles. The number of anilines is 1. The predicted octanol–water partition coefficient (Wildman–Crippen LogP) is 2.29. The lowest BCUT2D eigenvalue weighted by Gasteiger charge is -2.11. The van der Waals surface area contributed by atoms with Gasteiger partial charge in [0.1, 0.15) is 11.4 Å². The maximum absolute atomic E-state index is 10.1. The van der Waals surface area contributed by atoms with Crippen molar-refractivity contribution in [3.8, 4) is 5.75 Å². The van der Waals surface area contributed by atoms with E-state index in [1.807, 2.05) is 35.8 Å². The number of hydrogen-bond acceptors (Lipinski definition) is 5. The van der Waals surface area contributed by atoms with Gasteiger partial charge in [0.05, 0.1) is 17.6 Å². The lowest BCUT2D eigenvalue weighted by atomic mass is 10.2. The van der Waals surface area contributed by atoms with Crippen LogP contribution in [0.4, 0.5) is 5.95 Å². The quantitative estimate of drug-likeness (QED) is 0.608. The molecule has 0 aliphatic rings. The van der Waals surface area contributed by atoms with Gasteiger partial charge in [-0.05, 0) is 37.6 Å². The van der Waals surface area contributed by atoms with Crippen molar-refractivity contribution in [1.82, 2.24) is 14.5 Å². The summed E-state index contributed by atoms with van der Waals surface area (Å²) >= 11 is 0. The molecule has 2 heterocycles. The summed E-state index contributed by atoms with van der Waals surface area (Å²) in [5, 5.41) is 22.2. The van der Waals surface area contributed by atoms with Crippen LogP contribution in [-0.4, -0.2) is 37.9 Å². The van der Waals surface area contributed by atoms with Gasteiger partial charge >= 0.3 is 0 Å². The van der Waals surface area contributed by atoms with Gasteiger partial charge in [0.25, 0.3) is 0 Å². The topological polar surface area (TPSA) is 83.2 Å². The third-order valence-corrected chi connectivity index (χ3v) is 3.67. The molecule has 6 nitrogen and oxygen atoms in total. The molecule has 0 radical (unpaired) electrons. The maximum atomic E-state index is 10.1. The first kappa shape index (κ1) is 15.3. The average molecular weight is 312 g/mol. The second-order valence-electron chi connectivity index (χ2n) is 5.43. The smallest absolute Gasteiger partial charge is 0.204 e. The van der Waals surface area contributed by atoms with Gasteiger partial charge in [-0.1, -0.05) is 12.1 Å². The summed E-state index contributed by atoms with van der Waals surface area (Å²) in [6.07, 6.45) is 0.650. The van der Waals surface area contributed by atoms with E-state index >= 15 is 0 Å². The number of fused-ring (bicyclic) bond motifs is 1. The van der Waals surface area contributed by atoms with Crippen molar-refractivity contribution in [2.75, 3.05) is 18.5 Å². The highest BCUT2D eigenvalue weighted by Gasteiger charge is 2.13. The number of rotatable bonds is 6. The van der Waals surface area contributed by atoms with Crippen LogP contribution in [0.25, 0.3) is 11.0 Å². The standard InChI is InChI=1S/C17H20N4O2/c1-12-7-8-16(23)14(19-12)11-21-15-6-3-2-5-13(15)20-17(21)18-9-4-10-22/h2-3,5-8,22-23H,4,9-11H2,1H3,(H,18,20). The van der Waals surface area contributed by atoms with E-state index in [1.54, 1.807) is 12.1 Å². The molecular formula is C17H20N4O2. The Bertz CT molecular complexity index is 813. The Kier molecular flexibility index (Phi) is 4.43. The molecule has 3 rings (SSSR count). The number of aliphatic hydroxyl groups is 1. The van der Waals surface area contributed by atoms with Crippen molar-refractivity contribution in [3.63, 3.8) is 0 Å². The number of hydrogen-bond donors (Lipinski definition) is 3. The van der Waals surface area contributed by atoms with Crippen molar-refractivity contribution in [2.45, 2.75) is 19.9 Å². The molecule has 0 spiro atoms. The van der Waals surface area contributed by atoms with E-state index in [-0.39, 0.29) is 12.4 Å². The fraction of sp³-hybridized carbons (Fsp3) is 0.294. The molecule has 1 aromatic carbocycles. The van der Waals surface area contributed by atoms with E-state index in [4.69, 9.17) is 5.11 Å². The largest absolute Gasteiger partial charge is 0.506 e. The summed E-state index contributed by atoms with van der Waals surface area (Å²) in [6, 6.07) is 11.3. The predicted molar refractivity (Wildman–Crippen MR) is 89.7 cm³/mol. The van der Waals surface area contributed by atoms with Gasteiger partial charge in [0.15, 0.2) is 0 Å². The molecular weight excluding hydrogens is 292 g/mol. The second kappa shape index (κ2) is 6.66. The number of imidazole rings is 1. The van der Waals surface area contributed by atoms with Crippen molar-refractivity contribution < 1.29 is 10.2 Å². The summed E-state index contributed by atoms with van der Waals surface area (Å²) < 4.78 is 1.99. The molecule has 6 heteroatoms. The minimum absolute atomic E-state index is 0.132. The van der Waals surface area contributed by atoms with Crippen molar-refractivity contribution in [2.24, 2.45) is 0 Å². The van der Waals surface area contributed by atoms with Crippen LogP contribution in [0.15, 0.2) is 36.4 Å². The second-order valence-corrected chi connectivity index (χ2v) is 5.43. The number of nitrogens with zero attached hydrogens (tertiary/aromatic N) is 3. The lowest BCUT2D eigenvalue weighted by Crippen LogP contribution is -2.11. The van der Waals surface area contributed by atoms with E-state index in [0.717, 1.165) is 16.7 Å². The number of nitrogens with one attached hydrogen (secondary N) is 1. The van der Waals surface area contributed by atoms with Gasteiger partial charge in [-0.2, -0.15) is 0 Å². The van der Waals surface area contributed by atoms with Crippen LogP contribution in [0.2, 0.25) is 0 Å². The third-order valence-electron chi connectivity index (χ3n) is 3.67. The Hall–Kier alpha value is -2.60. The summed E-state index contributed by atoms with van der Waals surface area (Å²) in [7, 11) is 0. The normalized spacial score (nSPS) is 11.0. The molecule has 23 heavy (non-hydrogen) atoms. The van der Waals surface area contributed by atoms with Gasteiger partial charge in [0.2, 0.25) is 5.95 Å². The molecule has 2 aromatic heterocycles. The summed E-state index contributed by atoms with van der Waals surface area (Å²) in [5.41, 5.74) is 3.32. The minimum atomic E-state index is 0.132. The van der Waals surface area contributed by atoms with Crippen LogP contribution in [0.1, 0.15) is 17.8 Å². The minimum Gasteiger partial charge on any atom is -0.506 e. The molecule has 0 bridgehead atoms. The Morgan fingerprint density at radius 2 is 1.96 bits per heavy atom. The van der Waals surface area contributed by atoms with Gasteiger partial charge in [0, 0.05) is 18.8 Å². The number of pyridine rings is 1. The number of benzene rings is 1. The molecule has 0 atom stereocenters. The fourth-order valence-corrected chi connectivity index (χ4v) is 2.52. The molecule has 0 aliphatic carbocycles. The summed E-state index contributed by atoms with van der Waals surface area (Å²) in [6.45, 7) is 3.09. The average Bonchev–Trinajstić information content (AvgIpc) is 2.89. The monoisotopic (exact) mass is 312 g/mol.